The molecule has 1 amide bonds. The lowest BCUT2D eigenvalue weighted by Crippen LogP contribution is -2.12. The van der Waals surface area contributed by atoms with Crippen molar-refractivity contribution in [2.45, 2.75) is 0 Å². The first-order chi connectivity index (χ1) is 8.56. The molecule has 0 fully saturated rings. The zero-order valence-corrected chi connectivity index (χ0v) is 11.9. The van der Waals surface area contributed by atoms with Crippen molar-refractivity contribution in [1.29, 1.82) is 0 Å². The lowest BCUT2D eigenvalue weighted by atomic mass is 10.2. The van der Waals surface area contributed by atoms with E-state index in [4.69, 9.17) is 23.2 Å². The maximum atomic E-state index is 12.0. The Bertz CT molecular complexity index is 589. The molecule has 0 aromatic carbocycles. The highest BCUT2D eigenvalue weighted by atomic mass is 79.9. The predicted molar refractivity (Wildman–Crippen MR) is 74.1 cm³/mol. The summed E-state index contributed by atoms with van der Waals surface area (Å²) in [5.41, 5.74) is 0.826. The van der Waals surface area contributed by atoms with Crippen LogP contribution < -0.4 is 5.32 Å². The van der Waals surface area contributed by atoms with Gasteiger partial charge in [-0.2, -0.15) is 0 Å². The van der Waals surface area contributed by atoms with Gasteiger partial charge in [0.2, 0.25) is 0 Å². The van der Waals surface area contributed by atoms with Gasteiger partial charge in [0.05, 0.1) is 22.5 Å². The Labute approximate surface area is 121 Å². The lowest BCUT2D eigenvalue weighted by molar-refractivity contribution is 0.102. The Morgan fingerprint density at radius 2 is 2.00 bits per heavy atom. The van der Waals surface area contributed by atoms with E-state index < -0.39 is 0 Å². The van der Waals surface area contributed by atoms with E-state index in [0.717, 1.165) is 0 Å². The molecule has 0 unspecified atom stereocenters. The average molecular weight is 347 g/mol. The van der Waals surface area contributed by atoms with Gasteiger partial charge in [-0.25, -0.2) is 9.97 Å². The molecule has 2 aromatic rings. The van der Waals surface area contributed by atoms with Gasteiger partial charge in [0, 0.05) is 6.20 Å². The lowest BCUT2D eigenvalue weighted by Gasteiger charge is -2.06. The summed E-state index contributed by atoms with van der Waals surface area (Å²) in [6, 6.07) is 4.84. The zero-order chi connectivity index (χ0) is 13.1. The van der Waals surface area contributed by atoms with E-state index in [-0.39, 0.29) is 21.6 Å². The number of rotatable bonds is 2. The van der Waals surface area contributed by atoms with Crippen LogP contribution in [0.2, 0.25) is 10.2 Å². The Morgan fingerprint density at radius 1 is 1.22 bits per heavy atom. The van der Waals surface area contributed by atoms with Crippen molar-refractivity contribution < 1.29 is 4.79 Å². The fourth-order valence-electron chi connectivity index (χ4n) is 1.24. The monoisotopic (exact) mass is 345 g/mol. The van der Waals surface area contributed by atoms with Crippen molar-refractivity contribution >= 4 is 50.7 Å². The van der Waals surface area contributed by atoms with Crippen LogP contribution in [0.4, 0.5) is 5.69 Å². The van der Waals surface area contributed by atoms with Gasteiger partial charge < -0.3 is 5.32 Å². The fraction of sp³-hybridized carbons (Fsp3) is 0. The molecule has 0 atom stereocenters. The molecule has 92 valence electrons. The molecule has 0 radical (unpaired) electrons. The topological polar surface area (TPSA) is 54.9 Å². The predicted octanol–water partition coefficient (Wildman–Crippen LogP) is 3.80. The van der Waals surface area contributed by atoms with Crippen LogP contribution in [0.25, 0.3) is 0 Å². The van der Waals surface area contributed by atoms with Gasteiger partial charge in [-0.1, -0.05) is 23.2 Å². The Kier molecular flexibility index (Phi) is 4.16. The molecule has 0 bridgehead atoms. The SMILES string of the molecule is O=C(Nc1ccc(Br)nc1)c1cc(Cl)ncc1Cl. The van der Waals surface area contributed by atoms with Crippen LogP contribution >= 0.6 is 39.1 Å². The molecule has 0 spiro atoms. The van der Waals surface area contributed by atoms with E-state index in [2.05, 4.69) is 31.2 Å². The van der Waals surface area contributed by atoms with Crippen LogP contribution in [0.3, 0.4) is 0 Å². The van der Waals surface area contributed by atoms with Gasteiger partial charge in [0.25, 0.3) is 5.91 Å². The minimum atomic E-state index is -0.367. The molecule has 2 rings (SSSR count). The number of nitrogens with zero attached hydrogens (tertiary/aromatic N) is 2. The number of amides is 1. The molecule has 18 heavy (non-hydrogen) atoms. The van der Waals surface area contributed by atoms with Crippen LogP contribution in [0.1, 0.15) is 10.4 Å². The zero-order valence-electron chi connectivity index (χ0n) is 8.82. The van der Waals surface area contributed by atoms with Crippen molar-refractivity contribution in [1.82, 2.24) is 9.97 Å². The molecular formula is C11H6BrCl2N3O. The highest BCUT2D eigenvalue weighted by Crippen LogP contribution is 2.19. The average Bonchev–Trinajstić information content (AvgIpc) is 2.35. The van der Waals surface area contributed by atoms with Crippen LogP contribution in [0.5, 0.6) is 0 Å². The molecule has 0 saturated carbocycles. The molecule has 0 aliphatic carbocycles. The van der Waals surface area contributed by atoms with E-state index in [1.54, 1.807) is 12.1 Å². The smallest absolute Gasteiger partial charge is 0.257 e. The maximum absolute atomic E-state index is 12.0. The fourth-order valence-corrected chi connectivity index (χ4v) is 1.82. The summed E-state index contributed by atoms with van der Waals surface area (Å²) in [5, 5.41) is 3.11. The van der Waals surface area contributed by atoms with Crippen LogP contribution in [-0.4, -0.2) is 15.9 Å². The van der Waals surface area contributed by atoms with E-state index in [9.17, 15) is 4.79 Å². The number of pyridine rings is 2. The largest absolute Gasteiger partial charge is 0.321 e. The minimum absolute atomic E-state index is 0.207. The van der Waals surface area contributed by atoms with E-state index in [0.29, 0.717) is 10.3 Å². The van der Waals surface area contributed by atoms with Crippen LogP contribution in [-0.2, 0) is 0 Å². The molecular weight excluding hydrogens is 341 g/mol. The molecule has 7 heteroatoms. The van der Waals surface area contributed by atoms with Gasteiger partial charge in [-0.15, -0.1) is 0 Å². The molecule has 0 aliphatic heterocycles. The molecule has 2 aromatic heterocycles. The van der Waals surface area contributed by atoms with Gasteiger partial charge in [-0.3, -0.25) is 4.79 Å². The Balaban J connectivity index is 2.21. The molecule has 1 N–H and O–H groups in total. The third kappa shape index (κ3) is 3.19. The summed E-state index contributed by atoms with van der Waals surface area (Å²) < 4.78 is 0.686. The van der Waals surface area contributed by atoms with Crippen molar-refractivity contribution in [3.63, 3.8) is 0 Å². The van der Waals surface area contributed by atoms with Crippen LogP contribution in [0.15, 0.2) is 35.2 Å². The van der Waals surface area contributed by atoms with Crippen molar-refractivity contribution in [2.75, 3.05) is 5.32 Å². The quantitative estimate of drug-likeness (QED) is 0.841. The third-order valence-corrected chi connectivity index (χ3v) is 3.03. The minimum Gasteiger partial charge on any atom is -0.321 e. The number of hydrogen-bond acceptors (Lipinski definition) is 3. The first-order valence-corrected chi connectivity index (χ1v) is 6.35. The van der Waals surface area contributed by atoms with E-state index in [1.165, 1.54) is 18.5 Å². The number of aromatic nitrogens is 2. The Hall–Kier alpha value is -1.17. The normalized spacial score (nSPS) is 10.2. The van der Waals surface area contributed by atoms with Gasteiger partial charge in [0.1, 0.15) is 9.76 Å². The second-order valence-electron chi connectivity index (χ2n) is 3.31. The summed E-state index contributed by atoms with van der Waals surface area (Å²) in [7, 11) is 0. The number of anilines is 1. The molecule has 4 nitrogen and oxygen atoms in total. The Morgan fingerprint density at radius 3 is 2.67 bits per heavy atom. The molecule has 0 aliphatic rings. The second-order valence-corrected chi connectivity index (χ2v) is 4.92. The van der Waals surface area contributed by atoms with Crippen molar-refractivity contribution in [3.8, 4) is 0 Å². The number of carbonyl (C=O) groups is 1. The summed E-state index contributed by atoms with van der Waals surface area (Å²) >= 11 is 14.8. The second kappa shape index (κ2) is 5.65. The third-order valence-electron chi connectivity index (χ3n) is 2.05. The molecule has 0 saturated heterocycles. The van der Waals surface area contributed by atoms with Gasteiger partial charge in [-0.05, 0) is 34.1 Å². The van der Waals surface area contributed by atoms with E-state index in [1.807, 2.05) is 0 Å². The van der Waals surface area contributed by atoms with Crippen LogP contribution in [0, 0.1) is 0 Å². The van der Waals surface area contributed by atoms with Crippen molar-refractivity contribution in [3.05, 3.63) is 50.9 Å². The van der Waals surface area contributed by atoms with Gasteiger partial charge >= 0.3 is 0 Å². The summed E-state index contributed by atoms with van der Waals surface area (Å²) in [6.07, 6.45) is 2.86. The summed E-state index contributed by atoms with van der Waals surface area (Å²) in [5.74, 6) is -0.367. The van der Waals surface area contributed by atoms with Gasteiger partial charge in [0.15, 0.2) is 0 Å². The van der Waals surface area contributed by atoms with Crippen molar-refractivity contribution in [2.24, 2.45) is 0 Å². The summed E-state index contributed by atoms with van der Waals surface area (Å²) in [4.78, 5) is 19.7. The highest BCUT2D eigenvalue weighted by Gasteiger charge is 2.12. The standard InChI is InChI=1S/C11H6BrCl2N3O/c12-9-2-1-6(4-15-9)17-11(18)7-3-10(14)16-5-8(7)13/h1-5H,(H,17,18). The molecule has 2 heterocycles. The van der Waals surface area contributed by atoms with E-state index >= 15 is 0 Å². The summed E-state index contributed by atoms with van der Waals surface area (Å²) in [6.45, 7) is 0. The first kappa shape index (κ1) is 13.3. The number of carbonyl (C=O) groups excluding carboxylic acids is 1. The highest BCUT2D eigenvalue weighted by molar-refractivity contribution is 9.10. The first-order valence-electron chi connectivity index (χ1n) is 4.80. The number of hydrogen-bond donors (Lipinski definition) is 1. The number of halogens is 3. The number of nitrogens with one attached hydrogen (secondary N) is 1. The maximum Gasteiger partial charge on any atom is 0.257 e.